The van der Waals surface area contributed by atoms with Gasteiger partial charge in [-0.15, -0.1) is 10.2 Å². The van der Waals surface area contributed by atoms with Gasteiger partial charge in [-0.05, 0) is 12.3 Å². The van der Waals surface area contributed by atoms with Gasteiger partial charge in [0.15, 0.2) is 0 Å². The first-order valence-electron chi connectivity index (χ1n) is 8.44. The van der Waals surface area contributed by atoms with E-state index in [1.54, 1.807) is 6.92 Å². The topological polar surface area (TPSA) is 54.3 Å². The lowest BCUT2D eigenvalue weighted by Gasteiger charge is -2.21. The summed E-state index contributed by atoms with van der Waals surface area (Å²) >= 11 is 0. The molecule has 6 nitrogen and oxygen atoms in total. The summed E-state index contributed by atoms with van der Waals surface area (Å²) in [6, 6.07) is 0. The minimum absolute atomic E-state index is 0.168. The number of amides is 1. The van der Waals surface area contributed by atoms with Crippen molar-refractivity contribution in [1.29, 1.82) is 0 Å². The van der Waals surface area contributed by atoms with Crippen LogP contribution < -0.4 is 0 Å². The highest BCUT2D eigenvalue weighted by atomic mass is 16.2. The Morgan fingerprint density at radius 3 is 2.73 bits per heavy atom. The van der Waals surface area contributed by atoms with Crippen molar-refractivity contribution in [2.75, 3.05) is 32.7 Å². The molecule has 1 atom stereocenters. The molecule has 0 N–H and O–H groups in total. The Balaban J connectivity index is 1.70. The number of nitrogens with zero attached hydrogens (tertiary/aromatic N) is 5. The number of aromatic nitrogens is 3. The first-order chi connectivity index (χ1) is 10.5. The minimum Gasteiger partial charge on any atom is -0.342 e. The maximum atomic E-state index is 11.5. The first-order valence-corrected chi connectivity index (χ1v) is 8.44. The molecule has 0 aromatic carbocycles. The molecule has 1 saturated heterocycles. The van der Waals surface area contributed by atoms with Crippen LogP contribution in [0.4, 0.5) is 0 Å². The molecule has 2 aliphatic heterocycles. The number of hydrogen-bond donors (Lipinski definition) is 0. The third kappa shape index (κ3) is 3.16. The maximum absolute atomic E-state index is 11.5. The molecule has 1 fully saturated rings. The van der Waals surface area contributed by atoms with Gasteiger partial charge in [0.1, 0.15) is 11.6 Å². The van der Waals surface area contributed by atoms with Gasteiger partial charge in [0.25, 0.3) is 0 Å². The molecule has 3 rings (SSSR count). The molecule has 6 heteroatoms. The Hall–Kier alpha value is -1.43. The van der Waals surface area contributed by atoms with Crippen LogP contribution in [-0.2, 0) is 17.8 Å². The second-order valence-electron chi connectivity index (χ2n) is 7.02. The lowest BCUT2D eigenvalue weighted by molar-refractivity contribution is -0.127. The Labute approximate surface area is 132 Å². The Bertz CT molecular complexity index is 539. The lowest BCUT2D eigenvalue weighted by atomic mass is 10.1. The molecule has 0 bridgehead atoms. The van der Waals surface area contributed by atoms with Crippen LogP contribution in [-0.4, -0.2) is 63.2 Å². The van der Waals surface area contributed by atoms with Gasteiger partial charge in [-0.3, -0.25) is 4.79 Å². The van der Waals surface area contributed by atoms with Crippen molar-refractivity contribution >= 4 is 5.91 Å². The summed E-state index contributed by atoms with van der Waals surface area (Å²) in [4.78, 5) is 16.0. The molecule has 0 aliphatic carbocycles. The molecule has 2 aliphatic rings. The van der Waals surface area contributed by atoms with Crippen LogP contribution in [0.5, 0.6) is 0 Å². The van der Waals surface area contributed by atoms with Crippen molar-refractivity contribution in [3.63, 3.8) is 0 Å². The zero-order valence-corrected chi connectivity index (χ0v) is 14.0. The van der Waals surface area contributed by atoms with Crippen molar-refractivity contribution < 1.29 is 4.79 Å². The summed E-state index contributed by atoms with van der Waals surface area (Å²) in [6.45, 7) is 12.1. The SMILES string of the molecule is CC(=O)N1CCC(c2nnc3n2CCN(CC(C)C)CC3)C1. The predicted octanol–water partition coefficient (Wildman–Crippen LogP) is 1.13. The van der Waals surface area contributed by atoms with Gasteiger partial charge in [-0.2, -0.15) is 0 Å². The Morgan fingerprint density at radius 2 is 2.05 bits per heavy atom. The fourth-order valence-corrected chi connectivity index (χ4v) is 3.65. The average molecular weight is 305 g/mol. The standard InChI is InChI=1S/C16H27N5O/c1-12(2)10-19-6-5-15-17-18-16(21(15)9-8-19)14-4-7-20(11-14)13(3)22/h12,14H,4-11H2,1-3H3. The highest BCUT2D eigenvalue weighted by Gasteiger charge is 2.30. The van der Waals surface area contributed by atoms with Crippen molar-refractivity contribution in [3.05, 3.63) is 11.6 Å². The fraction of sp³-hybridized carbons (Fsp3) is 0.812. The molecule has 1 unspecified atom stereocenters. The lowest BCUT2D eigenvalue weighted by Crippen LogP contribution is -2.31. The Kier molecular flexibility index (Phi) is 4.47. The van der Waals surface area contributed by atoms with Gasteiger partial charge in [-0.25, -0.2) is 0 Å². The summed E-state index contributed by atoms with van der Waals surface area (Å²) in [6.07, 6.45) is 1.98. The molecule has 1 amide bonds. The van der Waals surface area contributed by atoms with Crippen LogP contribution in [0, 0.1) is 5.92 Å². The van der Waals surface area contributed by atoms with E-state index in [0.29, 0.717) is 11.8 Å². The van der Waals surface area contributed by atoms with E-state index in [2.05, 4.69) is 33.5 Å². The first kappa shape index (κ1) is 15.5. The van der Waals surface area contributed by atoms with Gasteiger partial charge >= 0.3 is 0 Å². The van der Waals surface area contributed by atoms with E-state index in [4.69, 9.17) is 0 Å². The summed E-state index contributed by atoms with van der Waals surface area (Å²) < 4.78 is 2.31. The van der Waals surface area contributed by atoms with Crippen molar-refractivity contribution in [1.82, 2.24) is 24.6 Å². The van der Waals surface area contributed by atoms with E-state index < -0.39 is 0 Å². The zero-order chi connectivity index (χ0) is 15.7. The van der Waals surface area contributed by atoms with Crippen LogP contribution >= 0.6 is 0 Å². The molecular weight excluding hydrogens is 278 g/mol. The van der Waals surface area contributed by atoms with Gasteiger partial charge in [0, 0.05) is 58.5 Å². The summed E-state index contributed by atoms with van der Waals surface area (Å²) in [5, 5.41) is 8.89. The third-order valence-corrected chi connectivity index (χ3v) is 4.77. The molecule has 0 radical (unpaired) electrons. The fourth-order valence-electron chi connectivity index (χ4n) is 3.65. The molecule has 1 aromatic heterocycles. The van der Waals surface area contributed by atoms with Crippen LogP contribution in [0.3, 0.4) is 0 Å². The third-order valence-electron chi connectivity index (χ3n) is 4.77. The van der Waals surface area contributed by atoms with E-state index in [0.717, 1.165) is 63.8 Å². The highest BCUT2D eigenvalue weighted by Crippen LogP contribution is 2.27. The summed E-state index contributed by atoms with van der Waals surface area (Å²) in [7, 11) is 0. The predicted molar refractivity (Wildman–Crippen MR) is 84.6 cm³/mol. The van der Waals surface area contributed by atoms with Crippen LogP contribution in [0.15, 0.2) is 0 Å². The quantitative estimate of drug-likeness (QED) is 0.840. The van der Waals surface area contributed by atoms with E-state index >= 15 is 0 Å². The number of carbonyl (C=O) groups is 1. The number of fused-ring (bicyclic) bond motifs is 1. The number of carbonyl (C=O) groups excluding carboxylic acids is 1. The van der Waals surface area contributed by atoms with Crippen molar-refractivity contribution in [3.8, 4) is 0 Å². The normalized spacial score (nSPS) is 22.9. The van der Waals surface area contributed by atoms with E-state index in [-0.39, 0.29) is 5.91 Å². The van der Waals surface area contributed by atoms with E-state index in [1.807, 2.05) is 4.90 Å². The largest absolute Gasteiger partial charge is 0.342 e. The molecule has 0 saturated carbocycles. The number of hydrogen-bond acceptors (Lipinski definition) is 4. The maximum Gasteiger partial charge on any atom is 0.219 e. The van der Waals surface area contributed by atoms with Crippen LogP contribution in [0.2, 0.25) is 0 Å². The van der Waals surface area contributed by atoms with Gasteiger partial charge in [0.2, 0.25) is 5.91 Å². The number of likely N-dealkylation sites (tertiary alicyclic amines) is 1. The van der Waals surface area contributed by atoms with Gasteiger partial charge in [-0.1, -0.05) is 13.8 Å². The van der Waals surface area contributed by atoms with Gasteiger partial charge in [0.05, 0.1) is 0 Å². The van der Waals surface area contributed by atoms with E-state index in [1.165, 1.54) is 0 Å². The van der Waals surface area contributed by atoms with Crippen molar-refractivity contribution in [2.45, 2.75) is 46.1 Å². The molecule has 122 valence electrons. The number of rotatable bonds is 3. The van der Waals surface area contributed by atoms with Crippen LogP contribution in [0.1, 0.15) is 44.8 Å². The second-order valence-corrected chi connectivity index (χ2v) is 7.02. The van der Waals surface area contributed by atoms with Crippen LogP contribution in [0.25, 0.3) is 0 Å². The van der Waals surface area contributed by atoms with Crippen molar-refractivity contribution in [2.24, 2.45) is 5.92 Å². The second kappa shape index (κ2) is 6.36. The minimum atomic E-state index is 0.168. The highest BCUT2D eigenvalue weighted by molar-refractivity contribution is 5.73. The molecule has 22 heavy (non-hydrogen) atoms. The molecule has 3 heterocycles. The monoisotopic (exact) mass is 305 g/mol. The summed E-state index contributed by atoms with van der Waals surface area (Å²) in [5.41, 5.74) is 0. The zero-order valence-electron chi connectivity index (χ0n) is 14.0. The van der Waals surface area contributed by atoms with Gasteiger partial charge < -0.3 is 14.4 Å². The molecule has 1 aromatic rings. The Morgan fingerprint density at radius 1 is 1.23 bits per heavy atom. The average Bonchev–Trinajstić information content (AvgIpc) is 3.04. The van der Waals surface area contributed by atoms with E-state index in [9.17, 15) is 4.79 Å². The smallest absolute Gasteiger partial charge is 0.219 e. The molecular formula is C16H27N5O. The molecule has 0 spiro atoms. The summed E-state index contributed by atoms with van der Waals surface area (Å²) in [5.74, 6) is 3.41.